The fourth-order valence-corrected chi connectivity index (χ4v) is 3.00. The fourth-order valence-electron chi connectivity index (χ4n) is 2.77. The minimum atomic E-state index is -4.63. The van der Waals surface area contributed by atoms with Crippen molar-refractivity contribution < 1.29 is 13.2 Å². The summed E-state index contributed by atoms with van der Waals surface area (Å²) in [6.07, 6.45) is -2.76. The van der Waals surface area contributed by atoms with E-state index in [-0.39, 0.29) is 21.8 Å². The molecular weight excluding hydrogens is 365 g/mol. The van der Waals surface area contributed by atoms with Gasteiger partial charge in [-0.05, 0) is 19.4 Å². The van der Waals surface area contributed by atoms with Crippen LogP contribution in [-0.2, 0) is 6.18 Å². The van der Waals surface area contributed by atoms with E-state index in [0.29, 0.717) is 18.1 Å². The van der Waals surface area contributed by atoms with Crippen LogP contribution >= 0.6 is 11.6 Å². The molecule has 0 aliphatic carbocycles. The number of rotatable bonds is 5. The van der Waals surface area contributed by atoms with Gasteiger partial charge in [0.15, 0.2) is 11.3 Å². The highest BCUT2D eigenvalue weighted by Gasteiger charge is 2.39. The van der Waals surface area contributed by atoms with Crippen molar-refractivity contribution in [1.29, 1.82) is 0 Å². The Morgan fingerprint density at radius 3 is 2.62 bits per heavy atom. The maximum atomic E-state index is 13.7. The van der Waals surface area contributed by atoms with E-state index in [1.165, 1.54) is 4.52 Å². The Kier molecular flexibility index (Phi) is 5.09. The Morgan fingerprint density at radius 1 is 1.23 bits per heavy atom. The Hall–Kier alpha value is -2.28. The van der Waals surface area contributed by atoms with E-state index in [4.69, 9.17) is 11.6 Å². The van der Waals surface area contributed by atoms with Crippen LogP contribution in [0, 0.1) is 6.92 Å². The van der Waals surface area contributed by atoms with E-state index in [9.17, 15) is 13.2 Å². The number of nitrogens with zero attached hydrogens (tertiary/aromatic N) is 3. The molecule has 0 amide bonds. The summed E-state index contributed by atoms with van der Waals surface area (Å²) in [5.74, 6) is 0.477. The fraction of sp³-hybridized carbons (Fsp3) is 0.333. The zero-order chi connectivity index (χ0) is 18.9. The Balaban J connectivity index is 2.29. The number of aryl methyl sites for hydroxylation is 1. The molecule has 1 N–H and O–H groups in total. The molecule has 0 saturated heterocycles. The van der Waals surface area contributed by atoms with Crippen LogP contribution in [0.4, 0.5) is 19.0 Å². The first kappa shape index (κ1) is 18.5. The molecule has 0 fully saturated rings. The number of aromatic nitrogens is 3. The van der Waals surface area contributed by atoms with E-state index in [1.807, 2.05) is 6.92 Å². The van der Waals surface area contributed by atoms with Gasteiger partial charge in [0, 0.05) is 28.9 Å². The molecule has 3 aromatic rings. The Bertz CT molecular complexity index is 934. The molecular formula is C18H18ClF3N4. The number of hydrogen-bond donors (Lipinski definition) is 1. The lowest BCUT2D eigenvalue weighted by Gasteiger charge is -2.09. The van der Waals surface area contributed by atoms with Gasteiger partial charge in [0.25, 0.3) is 0 Å². The molecule has 1 aromatic carbocycles. The smallest absolute Gasteiger partial charge is 0.370 e. The van der Waals surface area contributed by atoms with Crippen molar-refractivity contribution in [2.24, 2.45) is 0 Å². The van der Waals surface area contributed by atoms with Crippen LogP contribution in [0.1, 0.15) is 31.2 Å². The maximum absolute atomic E-state index is 13.7. The standard InChI is InChI=1S/C18H18ClF3N4/c1-3-4-9-23-14-10-11(2)24-17-15(12-7-5-6-8-13(12)19)16(18(20,21)22)25-26(14)17/h5-8,10,23H,3-4,9H2,1-2H3. The molecule has 3 rings (SSSR count). The number of unbranched alkanes of at least 4 members (excludes halogenated alkanes) is 1. The van der Waals surface area contributed by atoms with Crippen LogP contribution in [0.3, 0.4) is 0 Å². The zero-order valence-corrected chi connectivity index (χ0v) is 15.1. The predicted molar refractivity (Wildman–Crippen MR) is 96.6 cm³/mol. The highest BCUT2D eigenvalue weighted by atomic mass is 35.5. The predicted octanol–water partition coefficient (Wildman–Crippen LogP) is 5.59. The lowest BCUT2D eigenvalue weighted by atomic mass is 10.1. The first-order chi connectivity index (χ1) is 12.3. The quantitative estimate of drug-likeness (QED) is 0.585. The number of alkyl halides is 3. The average Bonchev–Trinajstić information content (AvgIpc) is 2.95. The molecule has 0 bridgehead atoms. The molecule has 0 saturated carbocycles. The summed E-state index contributed by atoms with van der Waals surface area (Å²) in [5.41, 5.74) is -0.121. The van der Waals surface area contributed by atoms with Crippen LogP contribution in [0.25, 0.3) is 16.8 Å². The van der Waals surface area contributed by atoms with Gasteiger partial charge in [-0.1, -0.05) is 43.1 Å². The van der Waals surface area contributed by atoms with Gasteiger partial charge in [-0.3, -0.25) is 0 Å². The summed E-state index contributed by atoms with van der Waals surface area (Å²) in [6.45, 7) is 4.42. The van der Waals surface area contributed by atoms with Gasteiger partial charge >= 0.3 is 6.18 Å². The molecule has 0 spiro atoms. The molecule has 0 radical (unpaired) electrons. The van der Waals surface area contributed by atoms with Crippen molar-refractivity contribution in [2.75, 3.05) is 11.9 Å². The maximum Gasteiger partial charge on any atom is 0.435 e. The third-order valence-electron chi connectivity index (χ3n) is 3.97. The molecule has 26 heavy (non-hydrogen) atoms. The Labute approximate surface area is 154 Å². The largest absolute Gasteiger partial charge is 0.435 e. The van der Waals surface area contributed by atoms with Crippen LogP contribution in [-0.4, -0.2) is 21.1 Å². The zero-order valence-electron chi connectivity index (χ0n) is 14.4. The van der Waals surface area contributed by atoms with Crippen molar-refractivity contribution in [3.63, 3.8) is 0 Å². The van der Waals surface area contributed by atoms with E-state index >= 15 is 0 Å². The summed E-state index contributed by atoms with van der Waals surface area (Å²) >= 11 is 6.17. The molecule has 0 aliphatic rings. The normalized spacial score (nSPS) is 11.9. The number of halogens is 4. The Morgan fingerprint density at radius 2 is 1.96 bits per heavy atom. The highest BCUT2D eigenvalue weighted by molar-refractivity contribution is 6.33. The van der Waals surface area contributed by atoms with Gasteiger partial charge in [0.2, 0.25) is 0 Å². The van der Waals surface area contributed by atoms with Gasteiger partial charge in [0.1, 0.15) is 5.82 Å². The highest BCUT2D eigenvalue weighted by Crippen LogP contribution is 2.41. The molecule has 138 valence electrons. The van der Waals surface area contributed by atoms with Gasteiger partial charge < -0.3 is 5.32 Å². The molecule has 4 nitrogen and oxygen atoms in total. The second-order valence-corrected chi connectivity index (χ2v) is 6.41. The minimum Gasteiger partial charge on any atom is -0.370 e. The number of benzene rings is 1. The van der Waals surface area contributed by atoms with Crippen molar-refractivity contribution in [2.45, 2.75) is 32.9 Å². The monoisotopic (exact) mass is 382 g/mol. The molecule has 2 heterocycles. The van der Waals surface area contributed by atoms with Crippen LogP contribution in [0.5, 0.6) is 0 Å². The second kappa shape index (κ2) is 7.15. The van der Waals surface area contributed by atoms with Crippen molar-refractivity contribution in [1.82, 2.24) is 14.6 Å². The average molecular weight is 383 g/mol. The summed E-state index contributed by atoms with van der Waals surface area (Å²) < 4.78 is 42.2. The van der Waals surface area contributed by atoms with Crippen molar-refractivity contribution >= 4 is 23.1 Å². The second-order valence-electron chi connectivity index (χ2n) is 6.00. The summed E-state index contributed by atoms with van der Waals surface area (Å²) in [7, 11) is 0. The first-order valence-corrected chi connectivity index (χ1v) is 8.67. The van der Waals surface area contributed by atoms with Crippen LogP contribution < -0.4 is 5.32 Å². The summed E-state index contributed by atoms with van der Waals surface area (Å²) in [4.78, 5) is 4.32. The van der Waals surface area contributed by atoms with Crippen molar-refractivity contribution in [3.05, 3.63) is 46.7 Å². The number of hydrogen-bond acceptors (Lipinski definition) is 3. The van der Waals surface area contributed by atoms with Gasteiger partial charge in [-0.25, -0.2) is 4.98 Å². The van der Waals surface area contributed by atoms with Gasteiger partial charge in [-0.2, -0.15) is 22.8 Å². The topological polar surface area (TPSA) is 42.2 Å². The third kappa shape index (κ3) is 3.49. The number of nitrogens with one attached hydrogen (secondary N) is 1. The third-order valence-corrected chi connectivity index (χ3v) is 4.29. The molecule has 0 aliphatic heterocycles. The first-order valence-electron chi connectivity index (χ1n) is 8.29. The molecule has 0 atom stereocenters. The van der Waals surface area contributed by atoms with E-state index in [2.05, 4.69) is 15.4 Å². The van der Waals surface area contributed by atoms with E-state index in [0.717, 1.165) is 12.8 Å². The van der Waals surface area contributed by atoms with Gasteiger partial charge in [-0.15, -0.1) is 0 Å². The molecule has 8 heteroatoms. The van der Waals surface area contributed by atoms with Crippen LogP contribution in [0.2, 0.25) is 5.02 Å². The number of anilines is 1. The van der Waals surface area contributed by atoms with E-state index < -0.39 is 11.9 Å². The lowest BCUT2D eigenvalue weighted by molar-refractivity contribution is -0.140. The lowest BCUT2D eigenvalue weighted by Crippen LogP contribution is -2.10. The van der Waals surface area contributed by atoms with E-state index in [1.54, 1.807) is 37.3 Å². The van der Waals surface area contributed by atoms with Crippen molar-refractivity contribution in [3.8, 4) is 11.1 Å². The van der Waals surface area contributed by atoms with Gasteiger partial charge in [0.05, 0.1) is 5.56 Å². The number of fused-ring (bicyclic) bond motifs is 1. The summed E-state index contributed by atoms with van der Waals surface area (Å²) in [5, 5.41) is 7.20. The van der Waals surface area contributed by atoms with Crippen LogP contribution in [0.15, 0.2) is 30.3 Å². The summed E-state index contributed by atoms with van der Waals surface area (Å²) in [6, 6.07) is 8.09. The minimum absolute atomic E-state index is 0.106. The SMILES string of the molecule is CCCCNc1cc(C)nc2c(-c3ccccc3Cl)c(C(F)(F)F)nn12. The molecule has 0 unspecified atom stereocenters. The molecule has 2 aromatic heterocycles.